The maximum Gasteiger partial charge on any atom is 0.311 e. The highest BCUT2D eigenvalue weighted by molar-refractivity contribution is 6.45. The standard InChI is InChI=1S/C27H35ClO4/c1-14(2)16-13-27-10-7-19-25(3,8-6-9-26(19,4)24(31)32-5)20(27)11-15(16)21-18(29)12-17(28)23(30)22(21)27/h12-15,19-22H,6-11H2,1-5H3/t15-,19+,20+,21-,22-,25-,26-,27-/m1/s1. The number of hydrogen-bond donors (Lipinski definition) is 0. The molecular formula is C27H35ClO4. The lowest BCUT2D eigenvalue weighted by molar-refractivity contribution is -0.199. The fourth-order valence-electron chi connectivity index (χ4n) is 9.29. The maximum atomic E-state index is 13.5. The van der Waals surface area contributed by atoms with E-state index in [0.717, 1.165) is 38.5 Å². The van der Waals surface area contributed by atoms with E-state index in [2.05, 4.69) is 33.8 Å². The second-order valence-corrected chi connectivity index (χ2v) is 12.3. The van der Waals surface area contributed by atoms with E-state index in [1.54, 1.807) is 0 Å². The van der Waals surface area contributed by atoms with Crippen LogP contribution in [0, 0.1) is 51.8 Å². The summed E-state index contributed by atoms with van der Waals surface area (Å²) in [6, 6.07) is 0. The number of carbonyl (C=O) groups excluding carboxylic acids is 3. The van der Waals surface area contributed by atoms with Crippen LogP contribution in [0.2, 0.25) is 0 Å². The van der Waals surface area contributed by atoms with E-state index in [9.17, 15) is 14.4 Å². The van der Waals surface area contributed by atoms with Gasteiger partial charge in [-0.25, -0.2) is 0 Å². The summed E-state index contributed by atoms with van der Waals surface area (Å²) in [6.45, 7) is 8.85. The van der Waals surface area contributed by atoms with Crippen LogP contribution in [0.3, 0.4) is 0 Å². The molecule has 0 unspecified atom stereocenters. The molecule has 0 saturated heterocycles. The van der Waals surface area contributed by atoms with Gasteiger partial charge in [0.1, 0.15) is 0 Å². The Kier molecular flexibility index (Phi) is 4.92. The second-order valence-electron chi connectivity index (χ2n) is 11.9. The van der Waals surface area contributed by atoms with E-state index >= 15 is 0 Å². The van der Waals surface area contributed by atoms with Gasteiger partial charge in [-0.2, -0.15) is 0 Å². The maximum absolute atomic E-state index is 13.5. The average molecular weight is 459 g/mol. The number of halogens is 1. The van der Waals surface area contributed by atoms with Crippen LogP contribution in [-0.4, -0.2) is 24.6 Å². The Morgan fingerprint density at radius 1 is 1.16 bits per heavy atom. The number of Topliss-reactive ketones (excluding diaryl/α,β-unsaturated/α-hetero) is 1. The van der Waals surface area contributed by atoms with E-state index in [1.165, 1.54) is 18.8 Å². The third kappa shape index (κ3) is 2.59. The Morgan fingerprint density at radius 2 is 1.88 bits per heavy atom. The summed E-state index contributed by atoms with van der Waals surface area (Å²) in [7, 11) is 1.50. The van der Waals surface area contributed by atoms with Gasteiger partial charge in [-0.1, -0.05) is 50.4 Å². The summed E-state index contributed by atoms with van der Waals surface area (Å²) < 4.78 is 5.29. The Labute approximate surface area is 196 Å². The van der Waals surface area contributed by atoms with Crippen LogP contribution in [-0.2, 0) is 19.1 Å². The molecule has 0 radical (unpaired) electrons. The Balaban J connectivity index is 1.67. The molecule has 6 rings (SSSR count). The zero-order chi connectivity index (χ0) is 23.2. The number of hydrogen-bond acceptors (Lipinski definition) is 4. The minimum Gasteiger partial charge on any atom is -0.469 e. The molecule has 5 heteroatoms. The van der Waals surface area contributed by atoms with Crippen molar-refractivity contribution in [2.24, 2.45) is 51.8 Å². The molecule has 174 valence electrons. The minimum absolute atomic E-state index is 0.0315. The molecule has 3 saturated carbocycles. The molecule has 8 atom stereocenters. The van der Waals surface area contributed by atoms with E-state index in [1.807, 2.05) is 0 Å². The summed E-state index contributed by atoms with van der Waals surface area (Å²) in [4.78, 5) is 39.7. The SMILES string of the molecule is COC(=O)[C@]1(C)CCC[C@@]2(C)[C@@H]3C[C@@H]4C(C(C)C)=C[C@@]3(CC[C@@H]21)[C@H]1C(=O)C(Cl)=CC(=O)[C@@H]41. The van der Waals surface area contributed by atoms with E-state index < -0.39 is 5.41 Å². The number of methoxy groups -OCH3 is 1. The number of allylic oxidation sites excluding steroid dienone is 4. The molecule has 2 bridgehead atoms. The third-order valence-corrected chi connectivity index (χ3v) is 10.7. The molecule has 0 aromatic carbocycles. The fourth-order valence-corrected chi connectivity index (χ4v) is 9.52. The van der Waals surface area contributed by atoms with Gasteiger partial charge in [0.15, 0.2) is 11.6 Å². The lowest BCUT2D eigenvalue weighted by Crippen LogP contribution is -2.67. The summed E-state index contributed by atoms with van der Waals surface area (Å²) >= 11 is 6.33. The highest BCUT2D eigenvalue weighted by Gasteiger charge is 2.71. The predicted octanol–water partition coefficient (Wildman–Crippen LogP) is 5.49. The number of carbonyl (C=O) groups is 3. The molecule has 0 aliphatic heterocycles. The topological polar surface area (TPSA) is 60.4 Å². The Bertz CT molecular complexity index is 963. The van der Waals surface area contributed by atoms with Gasteiger partial charge in [0.2, 0.25) is 0 Å². The molecular weight excluding hydrogens is 424 g/mol. The monoisotopic (exact) mass is 458 g/mol. The van der Waals surface area contributed by atoms with Crippen molar-refractivity contribution in [1.82, 2.24) is 0 Å². The number of ether oxygens (including phenoxy) is 1. The minimum atomic E-state index is -0.492. The third-order valence-electron chi connectivity index (χ3n) is 10.4. The van der Waals surface area contributed by atoms with E-state index in [0.29, 0.717) is 5.92 Å². The molecule has 0 aromatic heterocycles. The molecule has 6 aliphatic rings. The van der Waals surface area contributed by atoms with Gasteiger partial charge < -0.3 is 4.74 Å². The van der Waals surface area contributed by atoms with Crippen LogP contribution < -0.4 is 0 Å². The van der Waals surface area contributed by atoms with Crippen molar-refractivity contribution in [2.45, 2.75) is 66.2 Å². The quantitative estimate of drug-likeness (QED) is 0.405. The van der Waals surface area contributed by atoms with E-state index in [4.69, 9.17) is 16.3 Å². The number of esters is 1. The van der Waals surface area contributed by atoms with Crippen LogP contribution in [0.15, 0.2) is 22.8 Å². The number of rotatable bonds is 2. The van der Waals surface area contributed by atoms with Crippen LogP contribution in [0.5, 0.6) is 0 Å². The smallest absolute Gasteiger partial charge is 0.311 e. The van der Waals surface area contributed by atoms with Crippen molar-refractivity contribution in [2.75, 3.05) is 7.11 Å². The van der Waals surface area contributed by atoms with Gasteiger partial charge in [0.05, 0.1) is 17.6 Å². The molecule has 32 heavy (non-hydrogen) atoms. The van der Waals surface area contributed by atoms with Crippen molar-refractivity contribution in [3.8, 4) is 0 Å². The summed E-state index contributed by atoms with van der Waals surface area (Å²) in [5.74, 6) is 0.180. The fraction of sp³-hybridized carbons (Fsp3) is 0.741. The summed E-state index contributed by atoms with van der Waals surface area (Å²) in [5.41, 5.74) is 0.440. The molecule has 0 aromatic rings. The molecule has 4 nitrogen and oxygen atoms in total. The Morgan fingerprint density at radius 3 is 2.53 bits per heavy atom. The zero-order valence-corrected chi connectivity index (χ0v) is 20.6. The first kappa shape index (κ1) is 22.4. The second kappa shape index (κ2) is 7.04. The van der Waals surface area contributed by atoms with Crippen molar-refractivity contribution in [3.05, 3.63) is 22.8 Å². The van der Waals surface area contributed by atoms with Gasteiger partial charge in [-0.05, 0) is 68.1 Å². The average Bonchev–Trinajstić information content (AvgIpc) is 2.75. The van der Waals surface area contributed by atoms with Crippen molar-refractivity contribution >= 4 is 29.1 Å². The van der Waals surface area contributed by atoms with E-state index in [-0.39, 0.29) is 63.0 Å². The number of ketones is 2. The molecule has 0 heterocycles. The molecule has 1 spiro atoms. The van der Waals surface area contributed by atoms with Gasteiger partial charge in [-0.3, -0.25) is 14.4 Å². The van der Waals surface area contributed by atoms with Gasteiger partial charge in [-0.15, -0.1) is 0 Å². The summed E-state index contributed by atoms with van der Waals surface area (Å²) in [6.07, 6.45) is 9.33. The summed E-state index contributed by atoms with van der Waals surface area (Å²) in [5, 5.41) is 0.103. The van der Waals surface area contributed by atoms with Crippen molar-refractivity contribution < 1.29 is 19.1 Å². The largest absolute Gasteiger partial charge is 0.469 e. The highest BCUT2D eigenvalue weighted by atomic mass is 35.5. The molecule has 3 fully saturated rings. The predicted molar refractivity (Wildman–Crippen MR) is 123 cm³/mol. The first-order valence-corrected chi connectivity index (χ1v) is 12.7. The van der Waals surface area contributed by atoms with Crippen LogP contribution in [0.4, 0.5) is 0 Å². The first-order chi connectivity index (χ1) is 15.0. The van der Waals surface area contributed by atoms with Gasteiger partial charge >= 0.3 is 5.97 Å². The normalized spacial score (nSPS) is 47.3. The molecule has 6 aliphatic carbocycles. The lowest BCUT2D eigenvalue weighted by atomic mass is 9.33. The first-order valence-electron chi connectivity index (χ1n) is 12.3. The highest BCUT2D eigenvalue weighted by Crippen LogP contribution is 2.74. The van der Waals surface area contributed by atoms with Crippen LogP contribution >= 0.6 is 11.6 Å². The number of fused-ring (bicyclic) bond motifs is 1. The van der Waals surface area contributed by atoms with Gasteiger partial charge in [0, 0.05) is 23.3 Å². The van der Waals surface area contributed by atoms with Crippen molar-refractivity contribution in [1.29, 1.82) is 0 Å². The van der Waals surface area contributed by atoms with Crippen LogP contribution in [0.1, 0.15) is 66.2 Å². The van der Waals surface area contributed by atoms with Crippen molar-refractivity contribution in [3.63, 3.8) is 0 Å². The molecule has 0 N–H and O–H groups in total. The molecule has 0 amide bonds. The Hall–Kier alpha value is -1.42. The van der Waals surface area contributed by atoms with Gasteiger partial charge in [0.25, 0.3) is 0 Å². The zero-order valence-electron chi connectivity index (χ0n) is 19.9. The van der Waals surface area contributed by atoms with Crippen LogP contribution in [0.25, 0.3) is 0 Å². The lowest BCUT2D eigenvalue weighted by Gasteiger charge is -2.69.